The first-order chi connectivity index (χ1) is 26.6. The number of aromatic nitrogens is 1. The molecular formula is C28H32ClN11O14S3. The maximum absolute atomic E-state index is 13.4. The maximum Gasteiger partial charge on any atom is 0.350 e. The van der Waals surface area contributed by atoms with E-state index in [0.717, 1.165) is 47.1 Å². The van der Waals surface area contributed by atoms with E-state index < -0.39 is 109 Å². The number of nitrogens with zero attached hydrogens (tertiary/aromatic N) is 5. The third kappa shape index (κ3) is 8.62. The number of thioether (sulfide) groups is 1. The molecule has 4 heterocycles. The summed E-state index contributed by atoms with van der Waals surface area (Å²) in [7, 11) is -4.81. The van der Waals surface area contributed by atoms with E-state index >= 15 is 0 Å². The first-order valence-electron chi connectivity index (χ1n) is 16.0. The molecule has 29 heteroatoms. The Hall–Kier alpha value is -5.84. The number of oxime groups is 1. The van der Waals surface area contributed by atoms with Crippen LogP contribution in [0.5, 0.6) is 11.5 Å². The molecule has 3 aliphatic rings. The fraction of sp³-hybridized carbons (Fsp3) is 0.393. The molecule has 11 N–H and O–H groups in total. The van der Waals surface area contributed by atoms with Crippen LogP contribution in [-0.4, -0.2) is 151 Å². The van der Waals surface area contributed by atoms with Crippen molar-refractivity contribution < 1.29 is 67.2 Å². The number of benzene rings is 1. The lowest BCUT2D eigenvalue weighted by Crippen LogP contribution is -2.68. The van der Waals surface area contributed by atoms with Crippen LogP contribution in [0.1, 0.15) is 29.9 Å². The average molecular weight is 878 g/mol. The number of carbonyl (C=O) groups excluding carboxylic acids is 5. The summed E-state index contributed by atoms with van der Waals surface area (Å²) in [5, 5.41) is 49.8. The lowest BCUT2D eigenvalue weighted by molar-refractivity contribution is -0.161. The number of urea groups is 2. The van der Waals surface area contributed by atoms with Gasteiger partial charge in [-0.1, -0.05) is 28.5 Å². The molecule has 0 saturated carbocycles. The highest BCUT2D eigenvalue weighted by Crippen LogP contribution is 2.49. The molecular weight excluding hydrogens is 846 g/mol. The van der Waals surface area contributed by atoms with Crippen molar-refractivity contribution in [3.63, 3.8) is 0 Å². The lowest BCUT2D eigenvalue weighted by atomic mass is 10.1. The van der Waals surface area contributed by atoms with Crippen LogP contribution in [0.15, 0.2) is 22.7 Å². The molecule has 5 rings (SSSR count). The number of thiazole rings is 1. The molecule has 1 aromatic heterocycles. The van der Waals surface area contributed by atoms with Crippen LogP contribution in [0.2, 0.25) is 5.02 Å². The van der Waals surface area contributed by atoms with Crippen LogP contribution in [-0.2, 0) is 34.2 Å². The number of hydrogen-bond acceptors (Lipinski definition) is 17. The number of nitrogens with one attached hydrogen (secondary N) is 5. The van der Waals surface area contributed by atoms with Crippen LogP contribution < -0.4 is 31.2 Å². The zero-order valence-corrected chi connectivity index (χ0v) is 32.4. The first kappa shape index (κ1) is 42.3. The van der Waals surface area contributed by atoms with Gasteiger partial charge >= 0.3 is 34.2 Å². The molecule has 0 radical (unpaired) electrons. The van der Waals surface area contributed by atoms with Gasteiger partial charge in [-0.25, -0.2) is 33.9 Å². The molecule has 0 spiro atoms. The number of hydrazine groups is 1. The van der Waals surface area contributed by atoms with Gasteiger partial charge < -0.3 is 51.8 Å². The van der Waals surface area contributed by atoms with Gasteiger partial charge in [0.1, 0.15) is 17.1 Å². The topological polar surface area (TPSA) is 365 Å². The molecule has 1 aromatic carbocycles. The number of fused-ring (bicyclic) bond motifs is 1. The minimum Gasteiger partial charge on any atom is -0.504 e. The summed E-state index contributed by atoms with van der Waals surface area (Å²) in [5.41, 5.74) is 2.94. The van der Waals surface area contributed by atoms with E-state index in [2.05, 4.69) is 26.1 Å². The SMILES string of the molecule is CC(C)(O/N=C(\C(=O)NC1C(=O)N2C[C@@](C(=O)O)(N3CCN(NS(=O)(=O)NC(=O)NCCNC(=O)c4ccc(O)c(O)c4Cl)C3=O)S[C@H]12)c1csc(N)n1)C(=O)O. The molecule has 0 bridgehead atoms. The third-order valence-corrected chi connectivity index (χ3v) is 11.9. The second-order valence-electron chi connectivity index (χ2n) is 12.5. The van der Waals surface area contributed by atoms with Crippen molar-refractivity contribution in [2.24, 2.45) is 5.16 Å². The molecule has 2 aromatic rings. The van der Waals surface area contributed by atoms with E-state index in [-0.39, 0.29) is 36.0 Å². The van der Waals surface area contributed by atoms with Crippen LogP contribution in [0.25, 0.3) is 0 Å². The van der Waals surface area contributed by atoms with Crippen molar-refractivity contribution in [1.82, 2.24) is 45.3 Å². The number of carboxylic acids is 2. The van der Waals surface area contributed by atoms with Crippen molar-refractivity contribution in [1.29, 1.82) is 0 Å². The minimum atomic E-state index is -4.81. The average Bonchev–Trinajstić information content (AvgIpc) is 3.83. The summed E-state index contributed by atoms with van der Waals surface area (Å²) in [5.74, 6) is -6.84. The Morgan fingerprint density at radius 3 is 2.44 bits per heavy atom. The molecule has 57 heavy (non-hydrogen) atoms. The number of carboxylic acid groups (broad SMARTS) is 2. The van der Waals surface area contributed by atoms with Gasteiger partial charge in [0, 0.05) is 25.0 Å². The van der Waals surface area contributed by atoms with Gasteiger partial charge in [-0.15, -0.1) is 16.2 Å². The highest BCUT2D eigenvalue weighted by molar-refractivity contribution is 8.02. The lowest BCUT2D eigenvalue weighted by Gasteiger charge is -2.41. The van der Waals surface area contributed by atoms with E-state index in [4.69, 9.17) is 22.2 Å². The van der Waals surface area contributed by atoms with Crippen molar-refractivity contribution >= 4 is 97.5 Å². The quantitative estimate of drug-likeness (QED) is 0.0298. The molecule has 3 aliphatic heterocycles. The number of hydrogen-bond donors (Lipinski definition) is 10. The Balaban J connectivity index is 1.17. The van der Waals surface area contributed by atoms with Gasteiger partial charge in [0.25, 0.3) is 11.8 Å². The second kappa shape index (κ2) is 16.0. The number of anilines is 1. The largest absolute Gasteiger partial charge is 0.504 e. The Morgan fingerprint density at radius 1 is 1.12 bits per heavy atom. The number of carbonyl (C=O) groups is 7. The van der Waals surface area contributed by atoms with E-state index in [9.17, 15) is 62.4 Å². The molecule has 25 nitrogen and oxygen atoms in total. The van der Waals surface area contributed by atoms with Gasteiger partial charge in [0.2, 0.25) is 16.4 Å². The molecule has 3 saturated heterocycles. The number of aromatic hydroxyl groups is 2. The van der Waals surface area contributed by atoms with Crippen LogP contribution in [0, 0.1) is 0 Å². The van der Waals surface area contributed by atoms with Crippen molar-refractivity contribution in [3.8, 4) is 11.5 Å². The monoisotopic (exact) mass is 877 g/mol. The molecule has 1 unspecified atom stereocenters. The van der Waals surface area contributed by atoms with Crippen molar-refractivity contribution in [2.45, 2.75) is 35.7 Å². The van der Waals surface area contributed by atoms with E-state index in [1.807, 2.05) is 4.83 Å². The minimum absolute atomic E-state index is 0.0257. The van der Waals surface area contributed by atoms with E-state index in [0.29, 0.717) is 16.8 Å². The summed E-state index contributed by atoms with van der Waals surface area (Å²) < 4.78 is 27.0. The predicted octanol–water partition coefficient (Wildman–Crippen LogP) is -2.23. The zero-order valence-electron chi connectivity index (χ0n) is 29.2. The number of amides is 7. The predicted molar refractivity (Wildman–Crippen MR) is 196 cm³/mol. The fourth-order valence-electron chi connectivity index (χ4n) is 5.28. The molecule has 0 aliphatic carbocycles. The highest BCUT2D eigenvalue weighted by atomic mass is 35.5. The number of phenols is 2. The van der Waals surface area contributed by atoms with Gasteiger partial charge in [-0.2, -0.15) is 8.42 Å². The second-order valence-corrected chi connectivity index (χ2v) is 16.6. The Morgan fingerprint density at radius 2 is 1.81 bits per heavy atom. The van der Waals surface area contributed by atoms with Gasteiger partial charge in [-0.05, 0) is 26.0 Å². The molecule has 3 fully saturated rings. The standard InChI is InChI=1S/C28H32ClN11O14S3/c1-27(2,22(46)47)54-35-15(12-9-55-24(30)33-12)19(44)34-16-20(45)38-10-28(23(48)49,56-21(16)38)39-7-8-40(26(39)51)37-57(52,53)36-25(50)32-6-5-31-18(43)11-3-4-13(41)17(42)14(11)29/h3-4,9,16,21,37,41-42H,5-8,10H2,1-2H3,(H2,30,33)(H,31,43)(H,34,44)(H,46,47)(H,48,49)(H2,32,36,50)/b35-15-/t16?,21-,28-/m1/s1. The van der Waals surface area contributed by atoms with Crippen molar-refractivity contribution in [2.75, 3.05) is 38.5 Å². The summed E-state index contributed by atoms with van der Waals surface area (Å²) in [6, 6.07) is -1.63. The third-order valence-electron chi connectivity index (χ3n) is 8.26. The normalized spacial score (nSPS) is 20.8. The highest BCUT2D eigenvalue weighted by Gasteiger charge is 2.66. The summed E-state index contributed by atoms with van der Waals surface area (Å²) >= 11 is 7.38. The van der Waals surface area contributed by atoms with E-state index in [1.54, 1.807) is 4.72 Å². The van der Waals surface area contributed by atoms with Crippen molar-refractivity contribution in [3.05, 3.63) is 33.8 Å². The zero-order chi connectivity index (χ0) is 42.2. The Bertz CT molecular complexity index is 2190. The number of phenolic OH excluding ortho intramolecular Hbond substituents is 2. The summed E-state index contributed by atoms with van der Waals surface area (Å²) in [6.07, 6.45) is 0. The van der Waals surface area contributed by atoms with Crippen LogP contribution in [0.4, 0.5) is 14.7 Å². The van der Waals surface area contributed by atoms with Crippen LogP contribution >= 0.6 is 34.7 Å². The van der Waals surface area contributed by atoms with E-state index in [1.165, 1.54) is 5.38 Å². The van der Waals surface area contributed by atoms with Gasteiger partial charge in [-0.3, -0.25) is 19.3 Å². The number of rotatable bonds is 15. The number of nitrogens with two attached hydrogens (primary N) is 1. The number of nitrogen functional groups attached to an aromatic ring is 1. The molecule has 308 valence electrons. The Kier molecular flexibility index (Phi) is 11.8. The molecule has 7 amide bonds. The Labute approximate surface area is 333 Å². The maximum atomic E-state index is 13.4. The number of halogens is 1. The first-order valence-corrected chi connectivity index (χ1v) is 19.6. The number of β-lactam (4-membered cyclic amide) rings is 1. The fourth-order valence-corrected chi connectivity index (χ4v) is 8.53. The summed E-state index contributed by atoms with van der Waals surface area (Å²) in [4.78, 5) is 99.4. The van der Waals surface area contributed by atoms with Gasteiger partial charge in [0.15, 0.2) is 22.3 Å². The van der Waals surface area contributed by atoms with Gasteiger partial charge in [0.05, 0.1) is 23.7 Å². The smallest absolute Gasteiger partial charge is 0.350 e. The number of aliphatic carboxylic acids is 2. The summed E-state index contributed by atoms with van der Waals surface area (Å²) in [6.45, 7) is 0.444. The molecule has 3 atom stereocenters. The van der Waals surface area contributed by atoms with Crippen LogP contribution in [0.3, 0.4) is 0 Å².